The second-order valence-electron chi connectivity index (χ2n) is 5.60. The maximum Gasteiger partial charge on any atom is 0.407 e. The van der Waals surface area contributed by atoms with Gasteiger partial charge in [0.05, 0.1) is 0 Å². The summed E-state index contributed by atoms with van der Waals surface area (Å²) in [5.41, 5.74) is 3.14. The minimum absolute atomic E-state index is 0.379. The number of benzene rings is 1. The SMILES string of the molecule is Cc1cccc(NCCNC(=O)OC(C)(C)C)c1C. The number of amides is 1. The summed E-state index contributed by atoms with van der Waals surface area (Å²) in [6.07, 6.45) is -0.379. The van der Waals surface area contributed by atoms with Gasteiger partial charge in [0.1, 0.15) is 5.60 Å². The molecule has 1 aromatic carbocycles. The van der Waals surface area contributed by atoms with Crippen LogP contribution in [0, 0.1) is 13.8 Å². The van der Waals surface area contributed by atoms with E-state index >= 15 is 0 Å². The normalized spacial score (nSPS) is 11.0. The smallest absolute Gasteiger partial charge is 0.407 e. The summed E-state index contributed by atoms with van der Waals surface area (Å²) in [6, 6.07) is 6.14. The highest BCUT2D eigenvalue weighted by molar-refractivity contribution is 5.67. The second kappa shape index (κ2) is 6.45. The average molecular weight is 264 g/mol. The zero-order chi connectivity index (χ0) is 14.5. The van der Waals surface area contributed by atoms with Crippen LogP contribution in [0.3, 0.4) is 0 Å². The van der Waals surface area contributed by atoms with Crippen molar-refractivity contribution in [2.75, 3.05) is 18.4 Å². The monoisotopic (exact) mass is 264 g/mol. The molecule has 2 N–H and O–H groups in total. The Bertz CT molecular complexity index is 436. The Balaban J connectivity index is 2.32. The first-order chi connectivity index (χ1) is 8.79. The van der Waals surface area contributed by atoms with E-state index in [4.69, 9.17) is 4.74 Å². The maximum absolute atomic E-state index is 11.4. The topological polar surface area (TPSA) is 50.4 Å². The van der Waals surface area contributed by atoms with Crippen molar-refractivity contribution in [3.63, 3.8) is 0 Å². The van der Waals surface area contributed by atoms with Gasteiger partial charge >= 0.3 is 6.09 Å². The molecule has 4 heteroatoms. The molecule has 1 aromatic rings. The number of ether oxygens (including phenoxy) is 1. The van der Waals surface area contributed by atoms with Crippen LogP contribution >= 0.6 is 0 Å². The molecular weight excluding hydrogens is 240 g/mol. The van der Waals surface area contributed by atoms with Crippen molar-refractivity contribution < 1.29 is 9.53 Å². The third-order valence-corrected chi connectivity index (χ3v) is 2.71. The lowest BCUT2D eigenvalue weighted by atomic mass is 10.1. The fraction of sp³-hybridized carbons (Fsp3) is 0.533. The van der Waals surface area contributed by atoms with Gasteiger partial charge in [-0.15, -0.1) is 0 Å². The lowest BCUT2D eigenvalue weighted by molar-refractivity contribution is 0.0530. The molecule has 0 aromatic heterocycles. The maximum atomic E-state index is 11.4. The third-order valence-electron chi connectivity index (χ3n) is 2.71. The van der Waals surface area contributed by atoms with Crippen LogP contribution in [-0.4, -0.2) is 24.8 Å². The Morgan fingerprint density at radius 3 is 2.53 bits per heavy atom. The van der Waals surface area contributed by atoms with Crippen LogP contribution in [0.15, 0.2) is 18.2 Å². The van der Waals surface area contributed by atoms with E-state index in [-0.39, 0.29) is 6.09 Å². The van der Waals surface area contributed by atoms with Crippen LogP contribution in [-0.2, 0) is 4.74 Å². The molecule has 0 aliphatic heterocycles. The predicted octanol–water partition coefficient (Wildman–Crippen LogP) is 3.24. The molecule has 0 heterocycles. The van der Waals surface area contributed by atoms with Gasteiger partial charge in [0, 0.05) is 18.8 Å². The van der Waals surface area contributed by atoms with Crippen LogP contribution in [0.4, 0.5) is 10.5 Å². The van der Waals surface area contributed by atoms with Crippen molar-refractivity contribution in [1.82, 2.24) is 5.32 Å². The van der Waals surface area contributed by atoms with Gasteiger partial charge in [-0.1, -0.05) is 12.1 Å². The van der Waals surface area contributed by atoms with Gasteiger partial charge in [-0.25, -0.2) is 4.79 Å². The van der Waals surface area contributed by atoms with Crippen molar-refractivity contribution in [3.05, 3.63) is 29.3 Å². The number of hydrogen-bond donors (Lipinski definition) is 2. The number of alkyl carbamates (subject to hydrolysis) is 1. The molecule has 19 heavy (non-hydrogen) atoms. The van der Waals surface area contributed by atoms with Crippen LogP contribution in [0.5, 0.6) is 0 Å². The summed E-state index contributed by atoms with van der Waals surface area (Å²) in [7, 11) is 0. The van der Waals surface area contributed by atoms with Crippen molar-refractivity contribution in [1.29, 1.82) is 0 Å². The van der Waals surface area contributed by atoms with Crippen LogP contribution in [0.2, 0.25) is 0 Å². The van der Waals surface area contributed by atoms with Crippen molar-refractivity contribution in [2.45, 2.75) is 40.2 Å². The van der Waals surface area contributed by atoms with Crippen LogP contribution in [0.1, 0.15) is 31.9 Å². The van der Waals surface area contributed by atoms with Gasteiger partial charge in [0.2, 0.25) is 0 Å². The first-order valence-electron chi connectivity index (χ1n) is 6.56. The summed E-state index contributed by atoms with van der Waals surface area (Å²) in [4.78, 5) is 11.4. The standard InChI is InChI=1S/C15H24N2O2/c1-11-7-6-8-13(12(11)2)16-9-10-17-14(18)19-15(3,4)5/h6-8,16H,9-10H2,1-5H3,(H,17,18). The Hall–Kier alpha value is -1.71. The summed E-state index contributed by atoms with van der Waals surface area (Å²) < 4.78 is 5.16. The number of nitrogens with one attached hydrogen (secondary N) is 2. The number of rotatable bonds is 4. The Morgan fingerprint density at radius 2 is 1.89 bits per heavy atom. The molecule has 1 amide bonds. The van der Waals surface area contributed by atoms with E-state index in [0.29, 0.717) is 13.1 Å². The molecular formula is C15H24N2O2. The lowest BCUT2D eigenvalue weighted by Gasteiger charge is -2.20. The molecule has 0 aliphatic rings. The van der Waals surface area contributed by atoms with Gasteiger partial charge in [-0.3, -0.25) is 0 Å². The number of anilines is 1. The number of hydrogen-bond acceptors (Lipinski definition) is 3. The molecule has 0 fully saturated rings. The Morgan fingerprint density at radius 1 is 1.21 bits per heavy atom. The van der Waals surface area contributed by atoms with Crippen molar-refractivity contribution in [2.24, 2.45) is 0 Å². The summed E-state index contributed by atoms with van der Waals surface area (Å²) in [6.45, 7) is 10.9. The van der Waals surface area contributed by atoms with E-state index in [1.807, 2.05) is 32.9 Å². The highest BCUT2D eigenvalue weighted by Crippen LogP contribution is 2.17. The minimum Gasteiger partial charge on any atom is -0.444 e. The molecule has 4 nitrogen and oxygen atoms in total. The zero-order valence-corrected chi connectivity index (χ0v) is 12.5. The fourth-order valence-electron chi connectivity index (χ4n) is 1.62. The first kappa shape index (κ1) is 15.3. The number of aryl methyl sites for hydroxylation is 1. The first-order valence-corrected chi connectivity index (χ1v) is 6.56. The summed E-state index contributed by atoms with van der Waals surface area (Å²) in [5, 5.41) is 6.02. The summed E-state index contributed by atoms with van der Waals surface area (Å²) in [5.74, 6) is 0. The average Bonchev–Trinajstić information content (AvgIpc) is 2.27. The van der Waals surface area contributed by atoms with Gasteiger partial charge < -0.3 is 15.4 Å². The fourth-order valence-corrected chi connectivity index (χ4v) is 1.62. The van der Waals surface area contributed by atoms with E-state index < -0.39 is 5.60 Å². The van der Waals surface area contributed by atoms with E-state index in [2.05, 4.69) is 30.5 Å². The van der Waals surface area contributed by atoms with E-state index in [1.54, 1.807) is 0 Å². The highest BCUT2D eigenvalue weighted by Gasteiger charge is 2.15. The molecule has 1 rings (SSSR count). The van der Waals surface area contributed by atoms with E-state index in [0.717, 1.165) is 5.69 Å². The van der Waals surface area contributed by atoms with Crippen molar-refractivity contribution in [3.8, 4) is 0 Å². The summed E-state index contributed by atoms with van der Waals surface area (Å²) >= 11 is 0. The Kier molecular flexibility index (Phi) is 5.21. The van der Waals surface area contributed by atoms with Crippen LogP contribution in [0.25, 0.3) is 0 Å². The third kappa shape index (κ3) is 5.64. The molecule has 0 aliphatic carbocycles. The zero-order valence-electron chi connectivity index (χ0n) is 12.5. The molecule has 0 unspecified atom stereocenters. The molecule has 0 atom stereocenters. The number of carbonyl (C=O) groups is 1. The Labute approximate surface area is 115 Å². The number of carbonyl (C=O) groups excluding carboxylic acids is 1. The lowest BCUT2D eigenvalue weighted by Crippen LogP contribution is -2.35. The molecule has 0 bridgehead atoms. The largest absolute Gasteiger partial charge is 0.444 e. The minimum atomic E-state index is -0.454. The molecule has 0 saturated carbocycles. The molecule has 0 radical (unpaired) electrons. The van der Waals surface area contributed by atoms with Gasteiger partial charge in [-0.05, 0) is 51.8 Å². The molecule has 0 saturated heterocycles. The molecule has 0 spiro atoms. The van der Waals surface area contributed by atoms with Gasteiger partial charge in [-0.2, -0.15) is 0 Å². The van der Waals surface area contributed by atoms with Crippen LogP contribution < -0.4 is 10.6 Å². The van der Waals surface area contributed by atoms with E-state index in [9.17, 15) is 4.79 Å². The van der Waals surface area contributed by atoms with Gasteiger partial charge in [0.15, 0.2) is 0 Å². The van der Waals surface area contributed by atoms with Crippen molar-refractivity contribution >= 4 is 11.8 Å². The predicted molar refractivity (Wildman–Crippen MR) is 78.6 cm³/mol. The second-order valence-corrected chi connectivity index (χ2v) is 5.60. The highest BCUT2D eigenvalue weighted by atomic mass is 16.6. The molecule has 106 valence electrons. The van der Waals surface area contributed by atoms with Gasteiger partial charge in [0.25, 0.3) is 0 Å². The quantitative estimate of drug-likeness (QED) is 0.821. The van der Waals surface area contributed by atoms with E-state index in [1.165, 1.54) is 11.1 Å².